The van der Waals surface area contributed by atoms with Crippen LogP contribution in [-0.4, -0.2) is 49.7 Å². The summed E-state index contributed by atoms with van der Waals surface area (Å²) in [6, 6.07) is 0. The standard InChI is InChI=1S/C13H24N2O2/c1-3-15(10-11-4-5-11)12(16)13(17-2)6-8-14-9-7-13/h11,14H,3-10H2,1-2H3. The van der Waals surface area contributed by atoms with Gasteiger partial charge in [0.05, 0.1) is 0 Å². The summed E-state index contributed by atoms with van der Waals surface area (Å²) in [6.45, 7) is 5.54. The van der Waals surface area contributed by atoms with E-state index in [2.05, 4.69) is 12.2 Å². The summed E-state index contributed by atoms with van der Waals surface area (Å²) in [5.74, 6) is 0.949. The fourth-order valence-corrected chi connectivity index (χ4v) is 2.59. The number of ether oxygens (including phenoxy) is 1. The van der Waals surface area contributed by atoms with Crippen LogP contribution in [0.4, 0.5) is 0 Å². The molecule has 0 unspecified atom stereocenters. The summed E-state index contributed by atoms with van der Waals surface area (Å²) in [4.78, 5) is 14.6. The number of piperidine rings is 1. The Labute approximate surface area is 104 Å². The van der Waals surface area contributed by atoms with E-state index in [9.17, 15) is 4.79 Å². The predicted molar refractivity (Wildman–Crippen MR) is 66.8 cm³/mol. The highest BCUT2D eigenvalue weighted by molar-refractivity contribution is 5.85. The van der Waals surface area contributed by atoms with Gasteiger partial charge in [-0.3, -0.25) is 4.79 Å². The molecule has 1 saturated carbocycles. The lowest BCUT2D eigenvalue weighted by Crippen LogP contribution is -2.55. The monoisotopic (exact) mass is 240 g/mol. The lowest BCUT2D eigenvalue weighted by Gasteiger charge is -2.38. The van der Waals surface area contributed by atoms with Crippen LogP contribution >= 0.6 is 0 Å². The van der Waals surface area contributed by atoms with Crippen molar-refractivity contribution in [1.82, 2.24) is 10.2 Å². The van der Waals surface area contributed by atoms with E-state index < -0.39 is 5.60 Å². The highest BCUT2D eigenvalue weighted by Crippen LogP contribution is 2.32. The summed E-state index contributed by atoms with van der Waals surface area (Å²) < 4.78 is 5.59. The van der Waals surface area contributed by atoms with E-state index in [1.807, 2.05) is 4.90 Å². The second kappa shape index (κ2) is 5.36. The SMILES string of the molecule is CCN(CC1CC1)C(=O)C1(OC)CCNCC1. The largest absolute Gasteiger partial charge is 0.368 e. The zero-order chi connectivity index (χ0) is 12.3. The molecule has 2 rings (SSSR count). The van der Waals surface area contributed by atoms with Gasteiger partial charge in [-0.25, -0.2) is 0 Å². The first-order chi connectivity index (χ1) is 8.22. The van der Waals surface area contributed by atoms with Crippen molar-refractivity contribution < 1.29 is 9.53 Å². The fraction of sp³-hybridized carbons (Fsp3) is 0.923. The van der Waals surface area contributed by atoms with Crippen LogP contribution in [0.2, 0.25) is 0 Å². The van der Waals surface area contributed by atoms with Gasteiger partial charge in [0.2, 0.25) is 0 Å². The number of amides is 1. The van der Waals surface area contributed by atoms with Crippen molar-refractivity contribution in [2.75, 3.05) is 33.3 Å². The molecule has 1 aliphatic heterocycles. The second-order valence-electron chi connectivity index (χ2n) is 5.24. The minimum atomic E-state index is -0.559. The van der Waals surface area contributed by atoms with Crippen molar-refractivity contribution in [1.29, 1.82) is 0 Å². The number of nitrogens with one attached hydrogen (secondary N) is 1. The molecule has 4 heteroatoms. The summed E-state index contributed by atoms with van der Waals surface area (Å²) in [6.07, 6.45) is 4.16. The van der Waals surface area contributed by atoms with Crippen molar-refractivity contribution >= 4 is 5.91 Å². The fourth-order valence-electron chi connectivity index (χ4n) is 2.59. The molecule has 0 aromatic heterocycles. The Kier molecular flexibility index (Phi) is 4.05. The predicted octanol–water partition coefficient (Wildman–Crippen LogP) is 1.01. The highest BCUT2D eigenvalue weighted by Gasteiger charge is 2.42. The molecule has 1 N–H and O–H groups in total. The average molecular weight is 240 g/mol. The van der Waals surface area contributed by atoms with Crippen molar-refractivity contribution in [2.24, 2.45) is 5.92 Å². The van der Waals surface area contributed by atoms with E-state index in [4.69, 9.17) is 4.74 Å². The molecule has 0 radical (unpaired) electrons. The third kappa shape index (κ3) is 2.80. The van der Waals surface area contributed by atoms with Crippen LogP contribution < -0.4 is 5.32 Å². The third-order valence-electron chi connectivity index (χ3n) is 4.04. The summed E-state index contributed by atoms with van der Waals surface area (Å²) >= 11 is 0. The van der Waals surface area contributed by atoms with Crippen molar-refractivity contribution in [3.63, 3.8) is 0 Å². The summed E-state index contributed by atoms with van der Waals surface area (Å²) in [5, 5.41) is 3.29. The van der Waals surface area contributed by atoms with E-state index in [1.54, 1.807) is 7.11 Å². The highest BCUT2D eigenvalue weighted by atomic mass is 16.5. The normalized spacial score (nSPS) is 23.4. The zero-order valence-corrected chi connectivity index (χ0v) is 11.0. The maximum absolute atomic E-state index is 12.6. The Morgan fingerprint density at radius 1 is 1.41 bits per heavy atom. The van der Waals surface area contributed by atoms with Crippen LogP contribution in [0.25, 0.3) is 0 Å². The van der Waals surface area contributed by atoms with Crippen LogP contribution in [0.5, 0.6) is 0 Å². The van der Waals surface area contributed by atoms with Gasteiger partial charge in [0.15, 0.2) is 0 Å². The summed E-state index contributed by atoms with van der Waals surface area (Å²) in [5.41, 5.74) is -0.559. The van der Waals surface area contributed by atoms with Gasteiger partial charge < -0.3 is 15.0 Å². The number of carbonyl (C=O) groups excluding carboxylic acids is 1. The zero-order valence-electron chi connectivity index (χ0n) is 11.0. The van der Waals surface area contributed by atoms with Gasteiger partial charge in [-0.05, 0) is 51.6 Å². The molecule has 17 heavy (non-hydrogen) atoms. The molecule has 0 aromatic carbocycles. The first kappa shape index (κ1) is 12.8. The van der Waals surface area contributed by atoms with Gasteiger partial charge >= 0.3 is 0 Å². The minimum absolute atomic E-state index is 0.205. The Balaban J connectivity index is 2.02. The number of hydrogen-bond acceptors (Lipinski definition) is 3. The molecule has 0 atom stereocenters. The number of likely N-dealkylation sites (N-methyl/N-ethyl adjacent to an activating group) is 1. The molecular weight excluding hydrogens is 216 g/mol. The van der Waals surface area contributed by atoms with Crippen LogP contribution in [0, 0.1) is 5.92 Å². The molecule has 1 saturated heterocycles. The molecule has 0 bridgehead atoms. The number of hydrogen-bond donors (Lipinski definition) is 1. The number of carbonyl (C=O) groups is 1. The quantitative estimate of drug-likeness (QED) is 0.780. The van der Waals surface area contributed by atoms with E-state index >= 15 is 0 Å². The maximum atomic E-state index is 12.6. The van der Waals surface area contributed by atoms with Crippen molar-refractivity contribution in [2.45, 2.75) is 38.2 Å². The van der Waals surface area contributed by atoms with E-state index in [-0.39, 0.29) is 5.91 Å². The van der Waals surface area contributed by atoms with Gasteiger partial charge in [-0.15, -0.1) is 0 Å². The molecule has 1 heterocycles. The first-order valence-electron chi connectivity index (χ1n) is 6.77. The van der Waals surface area contributed by atoms with E-state index in [0.717, 1.165) is 44.9 Å². The Bertz CT molecular complexity index is 271. The third-order valence-corrected chi connectivity index (χ3v) is 4.04. The molecule has 0 spiro atoms. The molecule has 0 aromatic rings. The number of nitrogens with zero attached hydrogens (tertiary/aromatic N) is 1. The first-order valence-corrected chi connectivity index (χ1v) is 6.77. The molecule has 1 aliphatic carbocycles. The maximum Gasteiger partial charge on any atom is 0.254 e. The van der Waals surface area contributed by atoms with Gasteiger partial charge in [-0.1, -0.05) is 0 Å². The van der Waals surface area contributed by atoms with Gasteiger partial charge in [0.25, 0.3) is 5.91 Å². The number of methoxy groups -OCH3 is 1. The van der Waals surface area contributed by atoms with Crippen LogP contribution in [0.1, 0.15) is 32.6 Å². The second-order valence-corrected chi connectivity index (χ2v) is 5.24. The van der Waals surface area contributed by atoms with E-state index in [1.165, 1.54) is 12.8 Å². The van der Waals surface area contributed by atoms with Crippen LogP contribution in [-0.2, 0) is 9.53 Å². The van der Waals surface area contributed by atoms with Crippen LogP contribution in [0.3, 0.4) is 0 Å². The molecule has 1 amide bonds. The van der Waals surface area contributed by atoms with Crippen LogP contribution in [0.15, 0.2) is 0 Å². The molecular formula is C13H24N2O2. The number of rotatable bonds is 5. The molecule has 4 nitrogen and oxygen atoms in total. The Morgan fingerprint density at radius 2 is 2.06 bits per heavy atom. The Morgan fingerprint density at radius 3 is 2.53 bits per heavy atom. The molecule has 2 fully saturated rings. The minimum Gasteiger partial charge on any atom is -0.368 e. The van der Waals surface area contributed by atoms with Gasteiger partial charge in [-0.2, -0.15) is 0 Å². The van der Waals surface area contributed by atoms with Gasteiger partial charge in [0, 0.05) is 20.2 Å². The van der Waals surface area contributed by atoms with E-state index in [0.29, 0.717) is 0 Å². The Hall–Kier alpha value is -0.610. The molecule has 2 aliphatic rings. The van der Waals surface area contributed by atoms with Crippen molar-refractivity contribution in [3.05, 3.63) is 0 Å². The topological polar surface area (TPSA) is 41.6 Å². The molecule has 98 valence electrons. The smallest absolute Gasteiger partial charge is 0.254 e. The van der Waals surface area contributed by atoms with Gasteiger partial charge in [0.1, 0.15) is 5.60 Å². The summed E-state index contributed by atoms with van der Waals surface area (Å²) in [7, 11) is 1.67. The lowest BCUT2D eigenvalue weighted by atomic mass is 9.90. The van der Waals surface area contributed by atoms with Crippen molar-refractivity contribution in [3.8, 4) is 0 Å². The average Bonchev–Trinajstić information content (AvgIpc) is 3.20. The lowest BCUT2D eigenvalue weighted by molar-refractivity contribution is -0.158.